The summed E-state index contributed by atoms with van der Waals surface area (Å²) in [6.45, 7) is 0. The van der Waals surface area contributed by atoms with Crippen LogP contribution in [0.3, 0.4) is 0 Å². The van der Waals surface area contributed by atoms with Crippen molar-refractivity contribution < 1.29 is 18.7 Å². The number of nitrogens with zero attached hydrogens (tertiary/aromatic N) is 1. The Bertz CT molecular complexity index is 641. The third-order valence-corrected chi connectivity index (χ3v) is 2.51. The molecule has 2 rings (SSSR count). The van der Waals surface area contributed by atoms with E-state index in [-0.39, 0.29) is 16.9 Å². The van der Waals surface area contributed by atoms with Crippen LogP contribution >= 0.6 is 0 Å². The van der Waals surface area contributed by atoms with Gasteiger partial charge in [0.05, 0.1) is 12.7 Å². The van der Waals surface area contributed by atoms with Crippen molar-refractivity contribution in [1.82, 2.24) is 4.98 Å². The topological polar surface area (TPSA) is 68.3 Å². The highest BCUT2D eigenvalue weighted by Gasteiger charge is 2.09. The number of anilines is 1. The number of ether oxygens (including phenoxy) is 1. The molecule has 0 fully saturated rings. The van der Waals surface area contributed by atoms with Gasteiger partial charge in [-0.05, 0) is 30.3 Å². The summed E-state index contributed by atoms with van der Waals surface area (Å²) in [6, 6.07) is 8.24. The summed E-state index contributed by atoms with van der Waals surface area (Å²) in [4.78, 5) is 27.0. The van der Waals surface area contributed by atoms with Crippen LogP contribution in [0.2, 0.25) is 0 Å². The molecule has 6 heteroatoms. The molecular formula is C14H11FN2O3. The number of methoxy groups -OCH3 is 1. The standard InChI is InChI=1S/C14H11FN2O3/c1-20-14(19)10-5-6-12(16-8-10)17-13(18)9-3-2-4-11(15)7-9/h2-8H,1H3,(H,16,17,18). The Labute approximate surface area is 114 Å². The Morgan fingerprint density at radius 1 is 1.20 bits per heavy atom. The number of carbonyl (C=O) groups excluding carboxylic acids is 2. The van der Waals surface area contributed by atoms with Gasteiger partial charge >= 0.3 is 5.97 Å². The second-order valence-electron chi connectivity index (χ2n) is 3.89. The molecule has 0 saturated heterocycles. The predicted octanol–water partition coefficient (Wildman–Crippen LogP) is 2.26. The van der Waals surface area contributed by atoms with Crippen molar-refractivity contribution in [1.29, 1.82) is 0 Å². The summed E-state index contributed by atoms with van der Waals surface area (Å²) >= 11 is 0. The average molecular weight is 274 g/mol. The van der Waals surface area contributed by atoms with Gasteiger partial charge in [-0.15, -0.1) is 0 Å². The zero-order valence-electron chi connectivity index (χ0n) is 10.6. The minimum Gasteiger partial charge on any atom is -0.465 e. The molecule has 0 atom stereocenters. The van der Waals surface area contributed by atoms with Crippen LogP contribution in [0.25, 0.3) is 0 Å². The lowest BCUT2D eigenvalue weighted by Gasteiger charge is -2.05. The van der Waals surface area contributed by atoms with Crippen molar-refractivity contribution in [2.75, 3.05) is 12.4 Å². The van der Waals surface area contributed by atoms with Crippen molar-refractivity contribution in [2.24, 2.45) is 0 Å². The zero-order chi connectivity index (χ0) is 14.5. The quantitative estimate of drug-likeness (QED) is 0.872. The second kappa shape index (κ2) is 5.92. The Hall–Kier alpha value is -2.76. The molecule has 0 spiro atoms. The SMILES string of the molecule is COC(=O)c1ccc(NC(=O)c2cccc(F)c2)nc1. The first-order valence-electron chi connectivity index (χ1n) is 5.71. The van der Waals surface area contributed by atoms with Gasteiger partial charge in [0.2, 0.25) is 0 Å². The van der Waals surface area contributed by atoms with Gasteiger partial charge in [0, 0.05) is 11.8 Å². The van der Waals surface area contributed by atoms with Crippen molar-refractivity contribution in [3.8, 4) is 0 Å². The molecule has 20 heavy (non-hydrogen) atoms. The number of pyridine rings is 1. The first-order valence-corrected chi connectivity index (χ1v) is 5.71. The number of carbonyl (C=O) groups is 2. The number of hydrogen-bond acceptors (Lipinski definition) is 4. The Kier molecular flexibility index (Phi) is 4.05. The molecule has 1 N–H and O–H groups in total. The number of aromatic nitrogens is 1. The maximum Gasteiger partial charge on any atom is 0.339 e. The molecule has 0 radical (unpaired) electrons. The fourth-order valence-electron chi connectivity index (χ4n) is 1.52. The highest BCUT2D eigenvalue weighted by Crippen LogP contribution is 2.09. The number of rotatable bonds is 3. The van der Waals surface area contributed by atoms with Crippen molar-refractivity contribution in [3.63, 3.8) is 0 Å². The zero-order valence-corrected chi connectivity index (χ0v) is 10.6. The van der Waals surface area contributed by atoms with E-state index in [2.05, 4.69) is 15.0 Å². The van der Waals surface area contributed by atoms with Crippen LogP contribution in [0.1, 0.15) is 20.7 Å². The first kappa shape index (κ1) is 13.7. The molecule has 0 aliphatic carbocycles. The molecular weight excluding hydrogens is 263 g/mol. The van der Waals surface area contributed by atoms with Gasteiger partial charge < -0.3 is 10.1 Å². The monoisotopic (exact) mass is 274 g/mol. The van der Waals surface area contributed by atoms with Crippen LogP contribution in [0.5, 0.6) is 0 Å². The molecule has 1 aromatic heterocycles. The van der Waals surface area contributed by atoms with E-state index in [1.165, 1.54) is 43.6 Å². The molecule has 1 heterocycles. The van der Waals surface area contributed by atoms with Crippen LogP contribution < -0.4 is 5.32 Å². The molecule has 0 bridgehead atoms. The third kappa shape index (κ3) is 3.17. The van der Waals surface area contributed by atoms with Gasteiger partial charge in [-0.25, -0.2) is 14.2 Å². The van der Waals surface area contributed by atoms with Crippen molar-refractivity contribution >= 4 is 17.7 Å². The van der Waals surface area contributed by atoms with Gasteiger partial charge in [0.1, 0.15) is 11.6 Å². The average Bonchev–Trinajstić information content (AvgIpc) is 2.47. The Morgan fingerprint density at radius 2 is 2.00 bits per heavy atom. The van der Waals surface area contributed by atoms with E-state index in [9.17, 15) is 14.0 Å². The van der Waals surface area contributed by atoms with Crippen LogP contribution in [0, 0.1) is 5.82 Å². The van der Waals surface area contributed by atoms with E-state index < -0.39 is 17.7 Å². The van der Waals surface area contributed by atoms with Crippen LogP contribution in [-0.2, 0) is 4.74 Å². The lowest BCUT2D eigenvalue weighted by molar-refractivity contribution is 0.0600. The summed E-state index contributed by atoms with van der Waals surface area (Å²) in [5.74, 6) is -1.23. The van der Waals surface area contributed by atoms with E-state index in [1.807, 2.05) is 0 Å². The highest BCUT2D eigenvalue weighted by molar-refractivity contribution is 6.03. The van der Waals surface area contributed by atoms with E-state index in [1.54, 1.807) is 0 Å². The van der Waals surface area contributed by atoms with Gasteiger partial charge in [-0.1, -0.05) is 6.07 Å². The maximum absolute atomic E-state index is 13.0. The molecule has 0 unspecified atom stereocenters. The number of amides is 1. The number of nitrogens with one attached hydrogen (secondary N) is 1. The molecule has 0 aliphatic rings. The van der Waals surface area contributed by atoms with E-state index >= 15 is 0 Å². The summed E-state index contributed by atoms with van der Waals surface area (Å²) in [6.07, 6.45) is 1.28. The minimum atomic E-state index is -0.513. The van der Waals surface area contributed by atoms with Gasteiger partial charge in [0.25, 0.3) is 5.91 Å². The first-order chi connectivity index (χ1) is 9.60. The summed E-state index contributed by atoms with van der Waals surface area (Å²) < 4.78 is 17.5. The van der Waals surface area contributed by atoms with Crippen LogP contribution in [-0.4, -0.2) is 24.0 Å². The molecule has 2 aromatic rings. The smallest absolute Gasteiger partial charge is 0.339 e. The minimum absolute atomic E-state index is 0.184. The fourth-order valence-corrected chi connectivity index (χ4v) is 1.52. The van der Waals surface area contributed by atoms with Crippen molar-refractivity contribution in [3.05, 3.63) is 59.5 Å². The molecule has 1 aromatic carbocycles. The highest BCUT2D eigenvalue weighted by atomic mass is 19.1. The van der Waals surface area contributed by atoms with Crippen molar-refractivity contribution in [2.45, 2.75) is 0 Å². The number of benzene rings is 1. The van der Waals surface area contributed by atoms with E-state index in [4.69, 9.17) is 0 Å². The Balaban J connectivity index is 2.10. The molecule has 102 valence electrons. The van der Waals surface area contributed by atoms with Gasteiger partial charge in [-0.2, -0.15) is 0 Å². The largest absolute Gasteiger partial charge is 0.465 e. The number of halogens is 1. The van der Waals surface area contributed by atoms with Gasteiger partial charge in [0.15, 0.2) is 0 Å². The fraction of sp³-hybridized carbons (Fsp3) is 0.0714. The third-order valence-electron chi connectivity index (χ3n) is 2.51. The summed E-state index contributed by atoms with van der Waals surface area (Å²) in [5.41, 5.74) is 0.458. The number of hydrogen-bond donors (Lipinski definition) is 1. The molecule has 5 nitrogen and oxygen atoms in total. The normalized spacial score (nSPS) is 9.90. The molecule has 1 amide bonds. The summed E-state index contributed by atoms with van der Waals surface area (Å²) in [7, 11) is 1.27. The lowest BCUT2D eigenvalue weighted by atomic mass is 10.2. The van der Waals surface area contributed by atoms with E-state index in [0.29, 0.717) is 0 Å². The van der Waals surface area contributed by atoms with Crippen LogP contribution in [0.15, 0.2) is 42.6 Å². The lowest BCUT2D eigenvalue weighted by Crippen LogP contribution is -2.13. The second-order valence-corrected chi connectivity index (χ2v) is 3.89. The summed E-state index contributed by atoms with van der Waals surface area (Å²) in [5, 5.41) is 2.50. The van der Waals surface area contributed by atoms with Gasteiger partial charge in [-0.3, -0.25) is 4.79 Å². The predicted molar refractivity (Wildman–Crippen MR) is 69.9 cm³/mol. The Morgan fingerprint density at radius 3 is 2.60 bits per heavy atom. The molecule has 0 saturated carbocycles. The van der Waals surface area contributed by atoms with Crippen LogP contribution in [0.4, 0.5) is 10.2 Å². The molecule has 0 aliphatic heterocycles. The number of esters is 1. The maximum atomic E-state index is 13.0. The van der Waals surface area contributed by atoms with E-state index in [0.717, 1.165) is 6.07 Å².